The summed E-state index contributed by atoms with van der Waals surface area (Å²) < 4.78 is 43.0. The van der Waals surface area contributed by atoms with Gasteiger partial charge in [0.05, 0.1) is 18.2 Å². The Kier molecular flexibility index (Phi) is 6.13. The number of primary amides is 1. The van der Waals surface area contributed by atoms with Crippen LogP contribution in [0, 0.1) is 17.7 Å². The van der Waals surface area contributed by atoms with Crippen LogP contribution in [0.25, 0.3) is 5.76 Å². The first-order chi connectivity index (χ1) is 18.1. The number of phenolic OH excluding ortho intramolecular Hbond substituents is 1. The number of phenols is 1. The fourth-order valence-corrected chi connectivity index (χ4v) is 6.64. The van der Waals surface area contributed by atoms with Gasteiger partial charge < -0.3 is 26.2 Å². The zero-order valence-electron chi connectivity index (χ0n) is 21.2. The van der Waals surface area contributed by atoms with Gasteiger partial charge in [0.2, 0.25) is 5.78 Å². The number of carbonyl (C=O) groups is 3. The summed E-state index contributed by atoms with van der Waals surface area (Å²) in [6.07, 6.45) is -0.788. The molecular weight excluding hydrogens is 523 g/mol. The zero-order valence-corrected chi connectivity index (χ0v) is 21.2. The number of hydrogen-bond donors (Lipinski definition) is 5. The van der Waals surface area contributed by atoms with E-state index in [0.717, 1.165) is 6.07 Å². The van der Waals surface area contributed by atoms with Crippen molar-refractivity contribution in [3.63, 3.8) is 0 Å². The molecule has 5 rings (SSSR count). The second-order valence-electron chi connectivity index (χ2n) is 11.0. The van der Waals surface area contributed by atoms with Crippen LogP contribution in [0.15, 0.2) is 23.0 Å². The monoisotopic (exact) mass is 551 g/mol. The fourth-order valence-electron chi connectivity index (χ4n) is 6.64. The van der Waals surface area contributed by atoms with Crippen LogP contribution in [0.5, 0.6) is 5.75 Å². The van der Waals surface area contributed by atoms with Crippen LogP contribution in [-0.2, 0) is 27.3 Å². The lowest BCUT2D eigenvalue weighted by Gasteiger charge is -2.50. The van der Waals surface area contributed by atoms with E-state index in [1.54, 1.807) is 0 Å². The van der Waals surface area contributed by atoms with Crippen LogP contribution in [0.2, 0.25) is 0 Å². The lowest BCUT2D eigenvalue weighted by molar-refractivity contribution is -0.153. The molecule has 6 N–H and O–H groups in total. The lowest BCUT2D eigenvalue weighted by atomic mass is 9.57. The summed E-state index contributed by atoms with van der Waals surface area (Å²) in [5, 5.41) is 44.2. The molecule has 0 radical (unpaired) electrons. The van der Waals surface area contributed by atoms with Crippen molar-refractivity contribution in [1.82, 2.24) is 9.80 Å². The third kappa shape index (κ3) is 3.85. The van der Waals surface area contributed by atoms with Crippen molar-refractivity contribution < 1.29 is 48.0 Å². The number of amides is 1. The molecule has 4 aliphatic rings. The van der Waals surface area contributed by atoms with E-state index in [1.807, 2.05) is 0 Å². The molecule has 2 unspecified atom stereocenters. The molecule has 1 amide bonds. The number of ketones is 2. The molecule has 1 aliphatic heterocycles. The van der Waals surface area contributed by atoms with Crippen molar-refractivity contribution in [2.45, 2.75) is 43.4 Å². The number of nitrogens with zero attached hydrogens (tertiary/aromatic N) is 2. The van der Waals surface area contributed by atoms with Crippen molar-refractivity contribution in [1.29, 1.82) is 0 Å². The average molecular weight is 552 g/mol. The number of rotatable bonds is 4. The molecule has 0 aromatic heterocycles. The molecular formula is C26H28F3N3O7. The van der Waals surface area contributed by atoms with Crippen LogP contribution in [0.1, 0.15) is 29.5 Å². The first-order valence-corrected chi connectivity index (χ1v) is 12.4. The lowest BCUT2D eigenvalue weighted by Crippen LogP contribution is -2.65. The fraction of sp³-hybridized carbons (Fsp3) is 0.500. The maximum Gasteiger partial charge on any atom is 0.261 e. The highest BCUT2D eigenvalue weighted by Crippen LogP contribution is 2.53. The Labute approximate surface area is 220 Å². The van der Waals surface area contributed by atoms with E-state index in [-0.39, 0.29) is 49.0 Å². The Morgan fingerprint density at radius 1 is 1.23 bits per heavy atom. The minimum atomic E-state index is -2.91. The molecule has 39 heavy (non-hydrogen) atoms. The first-order valence-electron chi connectivity index (χ1n) is 12.4. The van der Waals surface area contributed by atoms with E-state index >= 15 is 4.39 Å². The van der Waals surface area contributed by atoms with Crippen molar-refractivity contribution >= 4 is 23.2 Å². The highest BCUT2D eigenvalue weighted by Gasteiger charge is 2.64. The molecule has 210 valence electrons. The molecule has 2 fully saturated rings. The molecule has 0 bridgehead atoms. The van der Waals surface area contributed by atoms with E-state index in [4.69, 9.17) is 5.73 Å². The number of hydrogen-bond acceptors (Lipinski definition) is 9. The third-order valence-electron chi connectivity index (χ3n) is 8.37. The number of aliphatic hydroxyl groups excluding tert-OH is 2. The van der Waals surface area contributed by atoms with E-state index in [0.29, 0.717) is 0 Å². The number of alkyl halides is 2. The normalized spacial score (nSPS) is 30.5. The van der Waals surface area contributed by atoms with Gasteiger partial charge in [0.1, 0.15) is 28.7 Å². The molecule has 1 saturated carbocycles. The number of fused-ring (bicyclic) bond motifs is 3. The number of halogens is 3. The number of likely N-dealkylation sites (N-methyl/N-ethyl adjacent to an activating group) is 1. The molecule has 1 saturated heterocycles. The number of aliphatic hydroxyl groups is 3. The van der Waals surface area contributed by atoms with Crippen LogP contribution >= 0.6 is 0 Å². The number of aromatic hydroxyl groups is 1. The molecule has 1 aromatic carbocycles. The average Bonchev–Trinajstić information content (AvgIpc) is 3.17. The minimum absolute atomic E-state index is 0.0290. The predicted octanol–water partition coefficient (Wildman–Crippen LogP) is 0.944. The summed E-state index contributed by atoms with van der Waals surface area (Å²) in [6.45, 7) is -0.750. The smallest absolute Gasteiger partial charge is 0.261 e. The van der Waals surface area contributed by atoms with Gasteiger partial charge >= 0.3 is 0 Å². The number of nitrogens with two attached hydrogens (primary N) is 1. The largest absolute Gasteiger partial charge is 0.508 e. The number of carbonyl (C=O) groups excluding carboxylic acids is 3. The molecule has 3 aliphatic carbocycles. The molecule has 13 heteroatoms. The Morgan fingerprint density at radius 3 is 2.46 bits per heavy atom. The van der Waals surface area contributed by atoms with Gasteiger partial charge in [-0.1, -0.05) is 0 Å². The predicted molar refractivity (Wildman–Crippen MR) is 129 cm³/mol. The van der Waals surface area contributed by atoms with Gasteiger partial charge in [-0.15, -0.1) is 0 Å². The van der Waals surface area contributed by atoms with E-state index in [2.05, 4.69) is 0 Å². The summed E-state index contributed by atoms with van der Waals surface area (Å²) in [5.74, 6) is -12.0. The minimum Gasteiger partial charge on any atom is -0.508 e. The summed E-state index contributed by atoms with van der Waals surface area (Å²) in [7, 11) is 2.94. The Bertz CT molecular complexity index is 1390. The summed E-state index contributed by atoms with van der Waals surface area (Å²) in [4.78, 5) is 41.6. The van der Waals surface area contributed by atoms with Crippen molar-refractivity contribution in [2.24, 2.45) is 17.6 Å². The van der Waals surface area contributed by atoms with Crippen LogP contribution < -0.4 is 5.73 Å². The number of likely N-dealkylation sites (tertiary alicyclic amines) is 1. The summed E-state index contributed by atoms with van der Waals surface area (Å²) in [6, 6.07) is -0.264. The van der Waals surface area contributed by atoms with E-state index in [1.165, 1.54) is 23.9 Å². The highest BCUT2D eigenvalue weighted by molar-refractivity contribution is 6.24. The Hall–Kier alpha value is -3.42. The van der Waals surface area contributed by atoms with Crippen LogP contribution in [-0.4, -0.2) is 92.4 Å². The van der Waals surface area contributed by atoms with Gasteiger partial charge in [-0.05, 0) is 38.9 Å². The van der Waals surface area contributed by atoms with Crippen molar-refractivity contribution in [3.8, 4) is 5.75 Å². The number of Topliss-reactive ketones (excluding diaryl/α,β-unsaturated/α-hetero) is 2. The summed E-state index contributed by atoms with van der Waals surface area (Å²) in [5.41, 5.74) is 0.572. The van der Waals surface area contributed by atoms with Crippen LogP contribution in [0.4, 0.5) is 13.2 Å². The van der Waals surface area contributed by atoms with Crippen LogP contribution in [0.3, 0.4) is 0 Å². The molecule has 1 heterocycles. The van der Waals surface area contributed by atoms with E-state index < -0.39 is 87.7 Å². The highest BCUT2D eigenvalue weighted by atomic mass is 19.3. The van der Waals surface area contributed by atoms with Gasteiger partial charge in [0.15, 0.2) is 11.4 Å². The molecule has 10 nitrogen and oxygen atoms in total. The van der Waals surface area contributed by atoms with Gasteiger partial charge in [-0.2, -0.15) is 0 Å². The maximum absolute atomic E-state index is 15.7. The Balaban J connectivity index is 1.62. The second-order valence-corrected chi connectivity index (χ2v) is 11.0. The first kappa shape index (κ1) is 27.2. The number of benzene rings is 1. The van der Waals surface area contributed by atoms with Gasteiger partial charge in [0.25, 0.3) is 11.8 Å². The maximum atomic E-state index is 15.7. The standard InChI is InChI=1S/C26H28F3N3O7/c1-31(2)19-13-6-10-5-12-16(14(33)7-11(18(12)27)8-32-4-3-25(28,29)9-32)20(34)15(10)22(36)26(13,39)23(37)17(21(19)35)24(30)38/h7,10,13,19,33-34,37,39H,3-6,8-9H2,1-2H3,(H2,30,38)/t10?,13?,19-,26-/m0/s1. The Morgan fingerprint density at radius 2 is 1.90 bits per heavy atom. The summed E-state index contributed by atoms with van der Waals surface area (Å²) >= 11 is 0. The van der Waals surface area contributed by atoms with Gasteiger partial charge in [-0.25, -0.2) is 13.2 Å². The zero-order chi connectivity index (χ0) is 28.8. The van der Waals surface area contributed by atoms with E-state index in [9.17, 15) is 43.6 Å². The third-order valence-corrected chi connectivity index (χ3v) is 8.37. The van der Waals surface area contributed by atoms with Crippen molar-refractivity contribution in [2.75, 3.05) is 27.2 Å². The van der Waals surface area contributed by atoms with Gasteiger partial charge in [-0.3, -0.25) is 24.2 Å². The topological polar surface area (TPSA) is 165 Å². The molecule has 4 atom stereocenters. The molecule has 0 spiro atoms. The quantitative estimate of drug-likeness (QED) is 0.343. The van der Waals surface area contributed by atoms with Crippen molar-refractivity contribution in [3.05, 3.63) is 45.5 Å². The molecule has 1 aromatic rings. The SMILES string of the molecule is CN(C)[C@@H]1C(=O)C(C(N)=O)=C(O)[C@@]2(O)C(=O)C3=C(O)c4c(O)cc(CN5CCC(F)(F)C5)c(F)c4CC3CC12. The van der Waals surface area contributed by atoms with Gasteiger partial charge in [0, 0.05) is 42.1 Å². The second kappa shape index (κ2) is 8.80.